The van der Waals surface area contributed by atoms with Crippen LogP contribution < -0.4 is 10.6 Å². The van der Waals surface area contributed by atoms with Crippen molar-refractivity contribution in [1.82, 2.24) is 19.9 Å². The lowest BCUT2D eigenvalue weighted by molar-refractivity contribution is 0.102. The highest BCUT2D eigenvalue weighted by Gasteiger charge is 2.21. The fourth-order valence-corrected chi connectivity index (χ4v) is 2.91. The molecule has 0 aliphatic carbocycles. The smallest absolute Gasteiger partial charge is 0.231 e. The van der Waals surface area contributed by atoms with Gasteiger partial charge in [0.15, 0.2) is 5.82 Å². The van der Waals surface area contributed by atoms with E-state index in [0.29, 0.717) is 23.0 Å². The summed E-state index contributed by atoms with van der Waals surface area (Å²) in [4.78, 5) is 32.3. The molecule has 130 valence electrons. The Morgan fingerprint density at radius 1 is 1.00 bits per heavy atom. The van der Waals surface area contributed by atoms with Crippen LogP contribution in [0.15, 0.2) is 48.8 Å². The molecule has 0 amide bonds. The van der Waals surface area contributed by atoms with E-state index < -0.39 is 0 Å². The van der Waals surface area contributed by atoms with E-state index in [1.807, 2.05) is 12.1 Å². The summed E-state index contributed by atoms with van der Waals surface area (Å²) >= 11 is 0. The van der Waals surface area contributed by atoms with Gasteiger partial charge in [-0.15, -0.1) is 0 Å². The highest BCUT2D eigenvalue weighted by atomic mass is 16.1. The first-order chi connectivity index (χ1) is 12.7. The van der Waals surface area contributed by atoms with Crippen molar-refractivity contribution in [3.8, 4) is 11.4 Å². The number of aromatic nitrogens is 4. The largest absolute Gasteiger partial charge is 0.399 e. The summed E-state index contributed by atoms with van der Waals surface area (Å²) < 4.78 is 0. The minimum absolute atomic E-state index is 0.127. The molecule has 0 unspecified atom stereocenters. The molecule has 1 saturated heterocycles. The standard InChI is InChI=1S/C19H18N6O/c20-15-7-5-13(6-8-15)17-22-18(16(26)14-4-3-9-21-12-14)24-19(23-17)25-10-1-2-11-25/h3-9,12H,1-2,10-11,20H2. The van der Waals surface area contributed by atoms with Gasteiger partial charge in [-0.1, -0.05) is 0 Å². The van der Waals surface area contributed by atoms with Gasteiger partial charge < -0.3 is 10.6 Å². The van der Waals surface area contributed by atoms with Crippen molar-refractivity contribution in [2.75, 3.05) is 23.7 Å². The molecule has 1 fully saturated rings. The molecule has 0 bridgehead atoms. The highest BCUT2D eigenvalue weighted by molar-refractivity contribution is 6.06. The first-order valence-electron chi connectivity index (χ1n) is 8.52. The Labute approximate surface area is 151 Å². The third-order valence-corrected chi connectivity index (χ3v) is 4.31. The lowest BCUT2D eigenvalue weighted by atomic mass is 10.1. The molecule has 7 nitrogen and oxygen atoms in total. The summed E-state index contributed by atoms with van der Waals surface area (Å²) in [5, 5.41) is 0. The Balaban J connectivity index is 1.80. The molecule has 7 heteroatoms. The molecule has 1 aliphatic heterocycles. The minimum atomic E-state index is -0.266. The predicted molar refractivity (Wildman–Crippen MR) is 98.8 cm³/mol. The van der Waals surface area contributed by atoms with Gasteiger partial charge in [0.05, 0.1) is 0 Å². The van der Waals surface area contributed by atoms with Crippen molar-refractivity contribution in [2.45, 2.75) is 12.8 Å². The number of benzene rings is 1. The van der Waals surface area contributed by atoms with E-state index in [2.05, 4.69) is 24.8 Å². The summed E-state index contributed by atoms with van der Waals surface area (Å²) in [5.74, 6) is 0.866. The van der Waals surface area contributed by atoms with Crippen molar-refractivity contribution >= 4 is 17.4 Å². The maximum absolute atomic E-state index is 12.8. The summed E-state index contributed by atoms with van der Waals surface area (Å²) in [6.45, 7) is 1.76. The van der Waals surface area contributed by atoms with E-state index in [0.717, 1.165) is 31.5 Å². The van der Waals surface area contributed by atoms with E-state index in [-0.39, 0.29) is 11.6 Å². The van der Waals surface area contributed by atoms with Crippen LogP contribution in [0.2, 0.25) is 0 Å². The van der Waals surface area contributed by atoms with Crippen LogP contribution in [0, 0.1) is 0 Å². The number of hydrogen-bond donors (Lipinski definition) is 1. The van der Waals surface area contributed by atoms with Gasteiger partial charge in [-0.05, 0) is 49.2 Å². The topological polar surface area (TPSA) is 97.9 Å². The Hall–Kier alpha value is -3.35. The number of rotatable bonds is 4. The third-order valence-electron chi connectivity index (χ3n) is 4.31. The van der Waals surface area contributed by atoms with Gasteiger partial charge >= 0.3 is 0 Å². The maximum Gasteiger partial charge on any atom is 0.231 e. The number of nitrogen functional groups attached to an aromatic ring is 1. The Morgan fingerprint density at radius 3 is 2.46 bits per heavy atom. The van der Waals surface area contributed by atoms with Gasteiger partial charge in [0.1, 0.15) is 0 Å². The number of carbonyl (C=O) groups excluding carboxylic acids is 1. The number of ketones is 1. The summed E-state index contributed by atoms with van der Waals surface area (Å²) in [5.41, 5.74) is 7.67. The lowest BCUT2D eigenvalue weighted by Crippen LogP contribution is -2.23. The molecular formula is C19H18N6O. The molecule has 0 saturated carbocycles. The molecular weight excluding hydrogens is 328 g/mol. The molecule has 4 rings (SSSR count). The van der Waals surface area contributed by atoms with Crippen LogP contribution in [-0.4, -0.2) is 38.8 Å². The van der Waals surface area contributed by atoms with E-state index in [1.54, 1.807) is 30.5 Å². The summed E-state index contributed by atoms with van der Waals surface area (Å²) in [7, 11) is 0. The first kappa shape index (κ1) is 16.1. The second-order valence-corrected chi connectivity index (χ2v) is 6.17. The number of anilines is 2. The van der Waals surface area contributed by atoms with Crippen molar-refractivity contribution in [3.63, 3.8) is 0 Å². The van der Waals surface area contributed by atoms with Crippen LogP contribution >= 0.6 is 0 Å². The number of nitrogens with two attached hydrogens (primary N) is 1. The second-order valence-electron chi connectivity index (χ2n) is 6.17. The molecule has 1 aromatic carbocycles. The molecule has 1 aliphatic rings. The molecule has 0 atom stereocenters. The van der Waals surface area contributed by atoms with E-state index in [1.165, 1.54) is 6.20 Å². The fraction of sp³-hybridized carbons (Fsp3) is 0.211. The van der Waals surface area contributed by atoms with Crippen LogP contribution in [-0.2, 0) is 0 Å². The van der Waals surface area contributed by atoms with Gasteiger partial charge in [0.25, 0.3) is 0 Å². The predicted octanol–water partition coefficient (Wildman–Crippen LogP) is 2.35. The number of carbonyl (C=O) groups is 1. The van der Waals surface area contributed by atoms with Crippen LogP contribution in [0.3, 0.4) is 0 Å². The Bertz CT molecular complexity index is 921. The summed E-state index contributed by atoms with van der Waals surface area (Å²) in [6.07, 6.45) is 5.33. The van der Waals surface area contributed by atoms with E-state index in [9.17, 15) is 4.79 Å². The zero-order chi connectivity index (χ0) is 17.9. The monoisotopic (exact) mass is 346 g/mol. The molecule has 2 N–H and O–H groups in total. The SMILES string of the molecule is Nc1ccc(-c2nc(C(=O)c3cccnc3)nc(N3CCCC3)n2)cc1. The van der Waals surface area contributed by atoms with Crippen molar-refractivity contribution in [3.05, 3.63) is 60.2 Å². The van der Waals surface area contributed by atoms with Crippen molar-refractivity contribution in [1.29, 1.82) is 0 Å². The zero-order valence-electron chi connectivity index (χ0n) is 14.2. The fourth-order valence-electron chi connectivity index (χ4n) is 2.91. The summed E-state index contributed by atoms with van der Waals surface area (Å²) in [6, 6.07) is 10.7. The van der Waals surface area contributed by atoms with Gasteiger partial charge in [0.2, 0.25) is 17.6 Å². The molecule has 2 aromatic heterocycles. The van der Waals surface area contributed by atoms with Gasteiger partial charge in [-0.25, -0.2) is 4.98 Å². The second kappa shape index (κ2) is 6.87. The highest BCUT2D eigenvalue weighted by Crippen LogP contribution is 2.22. The number of hydrogen-bond acceptors (Lipinski definition) is 7. The Morgan fingerprint density at radius 2 is 1.77 bits per heavy atom. The average Bonchev–Trinajstić information content (AvgIpc) is 3.23. The zero-order valence-corrected chi connectivity index (χ0v) is 14.2. The van der Waals surface area contributed by atoms with Gasteiger partial charge in [-0.2, -0.15) is 9.97 Å². The average molecular weight is 346 g/mol. The van der Waals surface area contributed by atoms with Crippen LogP contribution in [0.4, 0.5) is 11.6 Å². The molecule has 26 heavy (non-hydrogen) atoms. The minimum Gasteiger partial charge on any atom is -0.399 e. The Kier molecular flexibility index (Phi) is 4.27. The number of pyridine rings is 1. The van der Waals surface area contributed by atoms with E-state index >= 15 is 0 Å². The molecule has 0 radical (unpaired) electrons. The molecule has 0 spiro atoms. The first-order valence-corrected chi connectivity index (χ1v) is 8.52. The molecule has 3 heterocycles. The third kappa shape index (κ3) is 3.23. The molecule has 3 aromatic rings. The van der Waals surface area contributed by atoms with Crippen LogP contribution in [0.1, 0.15) is 29.0 Å². The van der Waals surface area contributed by atoms with Gasteiger partial charge in [-0.3, -0.25) is 9.78 Å². The van der Waals surface area contributed by atoms with Crippen LogP contribution in [0.5, 0.6) is 0 Å². The number of nitrogens with zero attached hydrogens (tertiary/aromatic N) is 5. The lowest BCUT2D eigenvalue weighted by Gasteiger charge is -2.16. The van der Waals surface area contributed by atoms with Gasteiger partial charge in [0, 0.05) is 42.3 Å². The van der Waals surface area contributed by atoms with Crippen molar-refractivity contribution < 1.29 is 4.79 Å². The normalized spacial score (nSPS) is 13.8. The van der Waals surface area contributed by atoms with Crippen LogP contribution in [0.25, 0.3) is 11.4 Å². The van der Waals surface area contributed by atoms with Crippen molar-refractivity contribution in [2.24, 2.45) is 0 Å². The quantitative estimate of drug-likeness (QED) is 0.572. The maximum atomic E-state index is 12.8. The van der Waals surface area contributed by atoms with E-state index in [4.69, 9.17) is 5.73 Å².